The molecule has 0 bridgehead atoms. The van der Waals surface area contributed by atoms with Crippen molar-refractivity contribution < 1.29 is 9.90 Å². The molecule has 1 aliphatic carbocycles. The molecular weight excluding hydrogens is 240 g/mol. The van der Waals surface area contributed by atoms with Gasteiger partial charge in [0, 0.05) is 6.54 Å². The van der Waals surface area contributed by atoms with Gasteiger partial charge in [0.2, 0.25) is 5.91 Å². The highest BCUT2D eigenvalue weighted by molar-refractivity contribution is 5.81. The fourth-order valence-corrected chi connectivity index (χ4v) is 3.26. The summed E-state index contributed by atoms with van der Waals surface area (Å²) in [6.07, 6.45) is 8.76. The number of likely N-dealkylation sites (tertiary alicyclic amines) is 1. The lowest BCUT2D eigenvalue weighted by molar-refractivity contribution is -0.127. The van der Waals surface area contributed by atoms with E-state index in [1.54, 1.807) is 0 Å². The molecule has 0 aromatic rings. The van der Waals surface area contributed by atoms with Crippen molar-refractivity contribution in [3.8, 4) is 0 Å². The highest BCUT2D eigenvalue weighted by Crippen LogP contribution is 2.28. The van der Waals surface area contributed by atoms with Crippen LogP contribution in [0.1, 0.15) is 58.3 Å². The molecule has 2 N–H and O–H groups in total. The molecule has 0 aromatic carbocycles. The number of hydrogen-bond acceptors (Lipinski definition) is 3. The van der Waals surface area contributed by atoms with Crippen molar-refractivity contribution in [1.82, 2.24) is 10.2 Å². The van der Waals surface area contributed by atoms with Crippen molar-refractivity contribution >= 4 is 5.91 Å². The Kier molecular flexibility index (Phi) is 5.22. The Balaban J connectivity index is 1.78. The zero-order valence-electron chi connectivity index (χ0n) is 12.2. The molecule has 4 heteroatoms. The van der Waals surface area contributed by atoms with E-state index in [1.165, 1.54) is 25.7 Å². The highest BCUT2D eigenvalue weighted by atomic mass is 16.3. The first-order valence-corrected chi connectivity index (χ1v) is 7.85. The first kappa shape index (κ1) is 14.8. The molecule has 1 amide bonds. The number of carbonyl (C=O) groups excluding carboxylic acids is 1. The maximum absolute atomic E-state index is 12.2. The lowest BCUT2D eigenvalue weighted by Gasteiger charge is -2.28. The van der Waals surface area contributed by atoms with Crippen LogP contribution in [0.25, 0.3) is 0 Å². The van der Waals surface area contributed by atoms with E-state index in [4.69, 9.17) is 0 Å². The third-order valence-corrected chi connectivity index (χ3v) is 4.69. The predicted octanol–water partition coefficient (Wildman–Crippen LogP) is 1.67. The molecule has 110 valence electrons. The van der Waals surface area contributed by atoms with E-state index in [1.807, 2.05) is 6.92 Å². The average Bonchev–Trinajstić information content (AvgIpc) is 2.68. The quantitative estimate of drug-likeness (QED) is 0.815. The largest absolute Gasteiger partial charge is 0.388 e. The number of rotatable bonds is 4. The van der Waals surface area contributed by atoms with Crippen molar-refractivity contribution in [1.29, 1.82) is 0 Å². The van der Waals surface area contributed by atoms with Crippen LogP contribution in [0.5, 0.6) is 0 Å². The molecule has 1 saturated carbocycles. The summed E-state index contributed by atoms with van der Waals surface area (Å²) in [5.74, 6) is 0.0715. The van der Waals surface area contributed by atoms with E-state index in [9.17, 15) is 9.90 Å². The van der Waals surface area contributed by atoms with Crippen LogP contribution in [0, 0.1) is 0 Å². The molecule has 1 atom stereocenters. The second kappa shape index (κ2) is 6.71. The minimum absolute atomic E-state index is 0.0666. The van der Waals surface area contributed by atoms with Crippen LogP contribution >= 0.6 is 0 Å². The van der Waals surface area contributed by atoms with Crippen LogP contribution in [-0.2, 0) is 4.79 Å². The van der Waals surface area contributed by atoms with Gasteiger partial charge >= 0.3 is 0 Å². The molecule has 2 fully saturated rings. The van der Waals surface area contributed by atoms with Crippen molar-refractivity contribution in [3.63, 3.8) is 0 Å². The maximum Gasteiger partial charge on any atom is 0.237 e. The van der Waals surface area contributed by atoms with Gasteiger partial charge < -0.3 is 10.4 Å². The Bertz CT molecular complexity index is 293. The smallest absolute Gasteiger partial charge is 0.237 e. The standard InChI is InChI=1S/C15H28N2O2/c1-13(17-10-6-2-3-7-11-17)14(18)16-12-15(19)8-4-5-9-15/h13,19H,2-12H2,1H3,(H,16,18). The topological polar surface area (TPSA) is 52.6 Å². The van der Waals surface area contributed by atoms with Gasteiger partial charge in [0.1, 0.15) is 0 Å². The third kappa shape index (κ3) is 4.18. The Hall–Kier alpha value is -0.610. The number of nitrogens with one attached hydrogen (secondary N) is 1. The van der Waals surface area contributed by atoms with Crippen LogP contribution in [0.2, 0.25) is 0 Å². The van der Waals surface area contributed by atoms with Crippen molar-refractivity contribution in [2.45, 2.75) is 69.9 Å². The lowest BCUT2D eigenvalue weighted by Crippen LogP contribution is -2.49. The molecule has 1 aliphatic heterocycles. The second-order valence-electron chi connectivity index (χ2n) is 6.28. The van der Waals surface area contributed by atoms with Gasteiger partial charge in [-0.2, -0.15) is 0 Å². The molecule has 0 radical (unpaired) electrons. The van der Waals surface area contributed by atoms with Crippen LogP contribution in [0.15, 0.2) is 0 Å². The Morgan fingerprint density at radius 2 is 1.74 bits per heavy atom. The molecule has 4 nitrogen and oxygen atoms in total. The minimum Gasteiger partial charge on any atom is -0.388 e. The summed E-state index contributed by atoms with van der Waals surface area (Å²) in [6.45, 7) is 4.46. The van der Waals surface area contributed by atoms with Gasteiger partial charge in [0.15, 0.2) is 0 Å². The van der Waals surface area contributed by atoms with E-state index in [0.717, 1.165) is 38.8 Å². The van der Waals surface area contributed by atoms with Gasteiger partial charge in [-0.3, -0.25) is 9.69 Å². The average molecular weight is 268 g/mol. The molecule has 0 spiro atoms. The fraction of sp³-hybridized carbons (Fsp3) is 0.933. The number of carbonyl (C=O) groups is 1. The maximum atomic E-state index is 12.2. The van der Waals surface area contributed by atoms with Gasteiger partial charge in [-0.15, -0.1) is 0 Å². The van der Waals surface area contributed by atoms with Crippen LogP contribution in [-0.4, -0.2) is 47.2 Å². The highest BCUT2D eigenvalue weighted by Gasteiger charge is 2.32. The zero-order chi connectivity index (χ0) is 13.7. The first-order chi connectivity index (χ1) is 9.11. The molecule has 1 saturated heterocycles. The van der Waals surface area contributed by atoms with Crippen molar-refractivity contribution in [3.05, 3.63) is 0 Å². The minimum atomic E-state index is -0.645. The third-order valence-electron chi connectivity index (χ3n) is 4.69. The zero-order valence-corrected chi connectivity index (χ0v) is 12.2. The summed E-state index contributed by atoms with van der Waals surface area (Å²) in [5.41, 5.74) is -0.645. The van der Waals surface area contributed by atoms with E-state index in [2.05, 4.69) is 10.2 Å². The summed E-state index contributed by atoms with van der Waals surface area (Å²) >= 11 is 0. The van der Waals surface area contributed by atoms with E-state index in [-0.39, 0.29) is 11.9 Å². The summed E-state index contributed by atoms with van der Waals surface area (Å²) < 4.78 is 0. The Morgan fingerprint density at radius 3 is 2.32 bits per heavy atom. The van der Waals surface area contributed by atoms with Crippen LogP contribution in [0.4, 0.5) is 0 Å². The Morgan fingerprint density at radius 1 is 1.16 bits per heavy atom. The molecular formula is C15H28N2O2. The molecule has 0 aromatic heterocycles. The molecule has 2 rings (SSSR count). The van der Waals surface area contributed by atoms with Crippen LogP contribution in [0.3, 0.4) is 0 Å². The summed E-state index contributed by atoms with van der Waals surface area (Å²) in [6, 6.07) is -0.0666. The normalized spacial score (nSPS) is 25.8. The van der Waals surface area contributed by atoms with E-state index < -0.39 is 5.60 Å². The molecule has 2 aliphatic rings. The van der Waals surface area contributed by atoms with Crippen molar-refractivity contribution in [2.75, 3.05) is 19.6 Å². The summed E-state index contributed by atoms with van der Waals surface area (Å²) in [4.78, 5) is 14.5. The van der Waals surface area contributed by atoms with Gasteiger partial charge in [-0.25, -0.2) is 0 Å². The molecule has 1 unspecified atom stereocenters. The monoisotopic (exact) mass is 268 g/mol. The lowest BCUT2D eigenvalue weighted by atomic mass is 10.0. The summed E-state index contributed by atoms with van der Waals surface area (Å²) in [5, 5.41) is 13.2. The fourth-order valence-electron chi connectivity index (χ4n) is 3.26. The van der Waals surface area contributed by atoms with Gasteiger partial charge in [0.25, 0.3) is 0 Å². The molecule has 19 heavy (non-hydrogen) atoms. The second-order valence-corrected chi connectivity index (χ2v) is 6.28. The number of hydrogen-bond donors (Lipinski definition) is 2. The van der Waals surface area contributed by atoms with Gasteiger partial charge in [0.05, 0.1) is 11.6 Å². The summed E-state index contributed by atoms with van der Waals surface area (Å²) in [7, 11) is 0. The number of nitrogens with zero attached hydrogens (tertiary/aromatic N) is 1. The first-order valence-electron chi connectivity index (χ1n) is 7.85. The van der Waals surface area contributed by atoms with Crippen LogP contribution < -0.4 is 5.32 Å². The molecule has 1 heterocycles. The number of amides is 1. The predicted molar refractivity (Wildman–Crippen MR) is 75.9 cm³/mol. The van der Waals surface area contributed by atoms with E-state index in [0.29, 0.717) is 6.54 Å². The Labute approximate surface area is 116 Å². The van der Waals surface area contributed by atoms with Crippen molar-refractivity contribution in [2.24, 2.45) is 0 Å². The number of aliphatic hydroxyl groups is 1. The SMILES string of the molecule is CC(C(=O)NCC1(O)CCCC1)N1CCCCCC1. The van der Waals surface area contributed by atoms with E-state index >= 15 is 0 Å². The van der Waals surface area contributed by atoms with Gasteiger partial charge in [-0.05, 0) is 45.7 Å². The van der Waals surface area contributed by atoms with Gasteiger partial charge in [-0.1, -0.05) is 25.7 Å².